The molecule has 2 aromatic heterocycles. The average molecular weight is 393 g/mol. The van der Waals surface area contributed by atoms with Crippen LogP contribution in [0.3, 0.4) is 0 Å². The fourth-order valence-electron chi connectivity index (χ4n) is 2.72. The van der Waals surface area contributed by atoms with E-state index in [1.807, 2.05) is 17.5 Å². The molecule has 0 aliphatic carbocycles. The lowest BCUT2D eigenvalue weighted by Gasteiger charge is -2.34. The summed E-state index contributed by atoms with van der Waals surface area (Å²) in [4.78, 5) is 44.6. The Morgan fingerprint density at radius 2 is 1.85 bits per heavy atom. The molecule has 3 rings (SSSR count). The van der Waals surface area contributed by atoms with Crippen molar-refractivity contribution in [2.45, 2.75) is 19.8 Å². The fourth-order valence-corrected chi connectivity index (χ4v) is 4.15. The standard InChI is InChI=1S/C17H20N4O3S2/c1-12(22)20-4-6-21(7-5-20)16(24)9-13-11-26-17(18-13)19-15(23)10-14-3-2-8-25-14/h2-3,8,11H,4-7,9-10H2,1H3,(H,18,19,23). The number of nitrogens with zero attached hydrogens (tertiary/aromatic N) is 3. The van der Waals surface area contributed by atoms with Gasteiger partial charge in [0.2, 0.25) is 17.7 Å². The molecule has 0 spiro atoms. The van der Waals surface area contributed by atoms with E-state index in [1.165, 1.54) is 11.3 Å². The number of thiazole rings is 1. The Labute approximate surface area is 159 Å². The van der Waals surface area contributed by atoms with Crippen molar-refractivity contribution >= 4 is 45.5 Å². The van der Waals surface area contributed by atoms with E-state index < -0.39 is 0 Å². The molecular formula is C17H20N4O3S2. The van der Waals surface area contributed by atoms with Gasteiger partial charge in [0.15, 0.2) is 5.13 Å². The number of rotatable bonds is 5. The Bertz CT molecular complexity index is 780. The molecule has 3 heterocycles. The van der Waals surface area contributed by atoms with Gasteiger partial charge in [0.1, 0.15) is 0 Å². The normalized spacial score (nSPS) is 14.3. The van der Waals surface area contributed by atoms with Crippen LogP contribution < -0.4 is 5.32 Å². The van der Waals surface area contributed by atoms with E-state index in [2.05, 4.69) is 10.3 Å². The summed E-state index contributed by atoms with van der Waals surface area (Å²) < 4.78 is 0. The number of hydrogen-bond donors (Lipinski definition) is 1. The van der Waals surface area contributed by atoms with Crippen LogP contribution >= 0.6 is 22.7 Å². The maximum absolute atomic E-state index is 12.4. The molecule has 0 aromatic carbocycles. The molecular weight excluding hydrogens is 372 g/mol. The third-order valence-electron chi connectivity index (χ3n) is 4.12. The van der Waals surface area contributed by atoms with E-state index in [4.69, 9.17) is 0 Å². The predicted molar refractivity (Wildman–Crippen MR) is 101 cm³/mol. The van der Waals surface area contributed by atoms with Crippen molar-refractivity contribution in [1.82, 2.24) is 14.8 Å². The molecule has 1 saturated heterocycles. The highest BCUT2D eigenvalue weighted by Gasteiger charge is 2.23. The topological polar surface area (TPSA) is 82.6 Å². The molecule has 0 saturated carbocycles. The summed E-state index contributed by atoms with van der Waals surface area (Å²) in [5.41, 5.74) is 0.653. The Hall–Kier alpha value is -2.26. The minimum absolute atomic E-state index is 0.00466. The largest absolute Gasteiger partial charge is 0.339 e. The van der Waals surface area contributed by atoms with Crippen LogP contribution in [0.15, 0.2) is 22.9 Å². The first-order valence-electron chi connectivity index (χ1n) is 8.31. The number of carbonyl (C=O) groups excluding carboxylic acids is 3. The van der Waals surface area contributed by atoms with Gasteiger partial charge < -0.3 is 15.1 Å². The molecule has 9 heteroatoms. The van der Waals surface area contributed by atoms with E-state index >= 15 is 0 Å². The quantitative estimate of drug-likeness (QED) is 0.838. The maximum atomic E-state index is 12.4. The summed E-state index contributed by atoms with van der Waals surface area (Å²) in [6.07, 6.45) is 0.531. The smallest absolute Gasteiger partial charge is 0.231 e. The highest BCUT2D eigenvalue weighted by Crippen LogP contribution is 2.18. The lowest BCUT2D eigenvalue weighted by atomic mass is 10.2. The van der Waals surface area contributed by atoms with Crippen LogP contribution in [0.1, 0.15) is 17.5 Å². The SMILES string of the molecule is CC(=O)N1CCN(C(=O)Cc2csc(NC(=O)Cc3cccs3)n2)CC1. The summed E-state index contributed by atoms with van der Waals surface area (Å²) in [5, 5.41) is 7.02. The van der Waals surface area contributed by atoms with Gasteiger partial charge in [-0.1, -0.05) is 6.07 Å². The number of nitrogens with one attached hydrogen (secondary N) is 1. The summed E-state index contributed by atoms with van der Waals surface area (Å²) in [6, 6.07) is 3.83. The molecule has 1 aliphatic rings. The van der Waals surface area contributed by atoms with Crippen LogP contribution in [0.2, 0.25) is 0 Å². The number of aromatic nitrogens is 1. The first-order chi connectivity index (χ1) is 12.5. The summed E-state index contributed by atoms with van der Waals surface area (Å²) in [5.74, 6) is -0.0745. The van der Waals surface area contributed by atoms with E-state index in [-0.39, 0.29) is 24.1 Å². The zero-order valence-corrected chi connectivity index (χ0v) is 16.1. The number of carbonyl (C=O) groups is 3. The molecule has 3 amide bonds. The molecule has 1 aliphatic heterocycles. The lowest BCUT2D eigenvalue weighted by molar-refractivity contribution is -0.138. The molecule has 7 nitrogen and oxygen atoms in total. The molecule has 0 atom stereocenters. The summed E-state index contributed by atoms with van der Waals surface area (Å²) in [6.45, 7) is 3.78. The van der Waals surface area contributed by atoms with Gasteiger partial charge in [-0.3, -0.25) is 14.4 Å². The maximum Gasteiger partial charge on any atom is 0.231 e. The Balaban J connectivity index is 1.48. The van der Waals surface area contributed by atoms with Crippen LogP contribution in [0, 0.1) is 0 Å². The molecule has 0 unspecified atom stereocenters. The van der Waals surface area contributed by atoms with Crippen LogP contribution in [-0.2, 0) is 27.2 Å². The molecule has 2 aromatic rings. The van der Waals surface area contributed by atoms with E-state index in [1.54, 1.807) is 33.4 Å². The van der Waals surface area contributed by atoms with Crippen LogP contribution in [-0.4, -0.2) is 58.7 Å². The van der Waals surface area contributed by atoms with E-state index in [9.17, 15) is 14.4 Å². The van der Waals surface area contributed by atoms with Gasteiger partial charge in [0.25, 0.3) is 0 Å². The van der Waals surface area contributed by atoms with Crippen molar-refractivity contribution in [1.29, 1.82) is 0 Å². The Kier molecular flexibility index (Phi) is 6.00. The van der Waals surface area contributed by atoms with Gasteiger partial charge in [-0.2, -0.15) is 0 Å². The first-order valence-corrected chi connectivity index (χ1v) is 10.1. The van der Waals surface area contributed by atoms with Crippen molar-refractivity contribution in [3.63, 3.8) is 0 Å². The van der Waals surface area contributed by atoms with Crippen LogP contribution in [0.25, 0.3) is 0 Å². The number of amides is 3. The molecule has 0 bridgehead atoms. The predicted octanol–water partition coefficient (Wildman–Crippen LogP) is 1.62. The fraction of sp³-hybridized carbons (Fsp3) is 0.412. The second kappa shape index (κ2) is 8.41. The molecule has 26 heavy (non-hydrogen) atoms. The number of thiophene rings is 1. The van der Waals surface area contributed by atoms with Gasteiger partial charge in [0.05, 0.1) is 18.5 Å². The number of piperazine rings is 1. The van der Waals surface area contributed by atoms with Gasteiger partial charge in [-0.25, -0.2) is 4.98 Å². The Morgan fingerprint density at radius 1 is 1.12 bits per heavy atom. The third-order valence-corrected chi connectivity index (χ3v) is 5.81. The Morgan fingerprint density at radius 3 is 2.50 bits per heavy atom. The zero-order chi connectivity index (χ0) is 18.5. The van der Waals surface area contributed by atoms with Crippen LogP contribution in [0.5, 0.6) is 0 Å². The molecule has 1 fully saturated rings. The zero-order valence-electron chi connectivity index (χ0n) is 14.4. The van der Waals surface area contributed by atoms with Gasteiger partial charge >= 0.3 is 0 Å². The van der Waals surface area contributed by atoms with Gasteiger partial charge in [-0.05, 0) is 11.4 Å². The number of hydrogen-bond acceptors (Lipinski definition) is 6. The van der Waals surface area contributed by atoms with Crippen molar-refractivity contribution in [3.05, 3.63) is 33.5 Å². The van der Waals surface area contributed by atoms with Crippen molar-refractivity contribution in [2.24, 2.45) is 0 Å². The monoisotopic (exact) mass is 392 g/mol. The van der Waals surface area contributed by atoms with Gasteiger partial charge in [-0.15, -0.1) is 22.7 Å². The van der Waals surface area contributed by atoms with Crippen molar-refractivity contribution < 1.29 is 14.4 Å². The van der Waals surface area contributed by atoms with Crippen LogP contribution in [0.4, 0.5) is 5.13 Å². The second-order valence-corrected chi connectivity index (χ2v) is 7.90. The lowest BCUT2D eigenvalue weighted by Crippen LogP contribution is -2.50. The van der Waals surface area contributed by atoms with E-state index in [0.717, 1.165) is 4.88 Å². The summed E-state index contributed by atoms with van der Waals surface area (Å²) >= 11 is 2.86. The van der Waals surface area contributed by atoms with Gasteiger partial charge in [0, 0.05) is 43.4 Å². The van der Waals surface area contributed by atoms with Crippen molar-refractivity contribution in [2.75, 3.05) is 31.5 Å². The highest BCUT2D eigenvalue weighted by molar-refractivity contribution is 7.14. The minimum Gasteiger partial charge on any atom is -0.339 e. The molecule has 1 N–H and O–H groups in total. The van der Waals surface area contributed by atoms with Crippen molar-refractivity contribution in [3.8, 4) is 0 Å². The molecule has 0 radical (unpaired) electrons. The highest BCUT2D eigenvalue weighted by atomic mass is 32.1. The molecule has 138 valence electrons. The third kappa shape index (κ3) is 4.89. The summed E-state index contributed by atoms with van der Waals surface area (Å²) in [7, 11) is 0. The second-order valence-electron chi connectivity index (χ2n) is 6.01. The number of anilines is 1. The van der Waals surface area contributed by atoms with E-state index in [0.29, 0.717) is 43.4 Å². The average Bonchev–Trinajstić information content (AvgIpc) is 3.27. The minimum atomic E-state index is -0.111. The first kappa shape index (κ1) is 18.5.